The highest BCUT2D eigenvalue weighted by Crippen LogP contribution is 2.25. The van der Waals surface area contributed by atoms with E-state index in [9.17, 15) is 9.59 Å². The molecular formula is C12H18N4O2S2. The fraction of sp³-hybridized carbons (Fsp3) is 0.667. The quantitative estimate of drug-likeness (QED) is 0.642. The van der Waals surface area contributed by atoms with Gasteiger partial charge >= 0.3 is 0 Å². The predicted octanol–water partition coefficient (Wildman–Crippen LogP) is 2.04. The highest BCUT2D eigenvalue weighted by molar-refractivity contribution is 8.01. The van der Waals surface area contributed by atoms with E-state index in [2.05, 4.69) is 20.8 Å². The van der Waals surface area contributed by atoms with Crippen LogP contribution in [0.5, 0.6) is 0 Å². The molecule has 0 aliphatic heterocycles. The van der Waals surface area contributed by atoms with Crippen molar-refractivity contribution in [1.29, 1.82) is 0 Å². The van der Waals surface area contributed by atoms with Crippen molar-refractivity contribution in [3.05, 3.63) is 0 Å². The molecule has 8 heteroatoms. The second-order valence-electron chi connectivity index (χ2n) is 4.75. The summed E-state index contributed by atoms with van der Waals surface area (Å²) in [6.45, 7) is 1.42. The molecule has 0 bridgehead atoms. The zero-order valence-corrected chi connectivity index (χ0v) is 13.0. The van der Waals surface area contributed by atoms with Crippen LogP contribution in [-0.4, -0.2) is 33.8 Å². The minimum Gasteiger partial charge on any atom is -0.353 e. The van der Waals surface area contributed by atoms with E-state index in [0.717, 1.165) is 12.8 Å². The summed E-state index contributed by atoms with van der Waals surface area (Å²) in [5, 5.41) is 13.8. The van der Waals surface area contributed by atoms with E-state index in [4.69, 9.17) is 0 Å². The molecule has 2 N–H and O–H groups in total. The Labute approximate surface area is 126 Å². The van der Waals surface area contributed by atoms with Crippen molar-refractivity contribution in [3.63, 3.8) is 0 Å². The molecular weight excluding hydrogens is 296 g/mol. The van der Waals surface area contributed by atoms with E-state index in [-0.39, 0.29) is 11.8 Å². The van der Waals surface area contributed by atoms with Gasteiger partial charge in [0.15, 0.2) is 4.34 Å². The number of anilines is 1. The first-order valence-corrected chi connectivity index (χ1v) is 8.47. The minimum atomic E-state index is -0.173. The molecule has 2 amide bonds. The van der Waals surface area contributed by atoms with Crippen LogP contribution in [0.2, 0.25) is 0 Å². The molecule has 0 saturated heterocycles. The Hall–Kier alpha value is -1.15. The molecule has 1 heterocycles. The largest absolute Gasteiger partial charge is 0.353 e. The van der Waals surface area contributed by atoms with Crippen molar-refractivity contribution < 1.29 is 9.59 Å². The van der Waals surface area contributed by atoms with Gasteiger partial charge in [-0.15, -0.1) is 10.2 Å². The summed E-state index contributed by atoms with van der Waals surface area (Å²) in [5.41, 5.74) is 0. The van der Waals surface area contributed by atoms with Gasteiger partial charge in [0.1, 0.15) is 0 Å². The van der Waals surface area contributed by atoms with Crippen LogP contribution in [0, 0.1) is 0 Å². The minimum absolute atomic E-state index is 0.0400. The van der Waals surface area contributed by atoms with Crippen molar-refractivity contribution in [2.45, 2.75) is 49.4 Å². The highest BCUT2D eigenvalue weighted by Gasteiger charge is 2.16. The van der Waals surface area contributed by atoms with Gasteiger partial charge < -0.3 is 10.6 Å². The Morgan fingerprint density at radius 1 is 1.30 bits per heavy atom. The van der Waals surface area contributed by atoms with Crippen LogP contribution < -0.4 is 10.6 Å². The van der Waals surface area contributed by atoms with Gasteiger partial charge in [0.2, 0.25) is 16.9 Å². The fourth-order valence-corrected chi connectivity index (χ4v) is 3.72. The first-order chi connectivity index (χ1) is 9.63. The number of rotatable bonds is 5. The third-order valence-corrected chi connectivity index (χ3v) is 4.96. The Balaban J connectivity index is 1.72. The lowest BCUT2D eigenvalue weighted by Crippen LogP contribution is -2.37. The van der Waals surface area contributed by atoms with E-state index in [0.29, 0.717) is 21.3 Å². The van der Waals surface area contributed by atoms with Crippen LogP contribution in [0.1, 0.15) is 39.0 Å². The third-order valence-electron chi connectivity index (χ3n) is 2.99. The fourth-order valence-electron chi connectivity index (χ4n) is 2.11. The van der Waals surface area contributed by atoms with Gasteiger partial charge in [-0.2, -0.15) is 0 Å². The van der Waals surface area contributed by atoms with Gasteiger partial charge in [-0.1, -0.05) is 42.4 Å². The van der Waals surface area contributed by atoms with Crippen molar-refractivity contribution in [2.24, 2.45) is 0 Å². The first kappa shape index (κ1) is 15.2. The van der Waals surface area contributed by atoms with Crippen LogP contribution in [-0.2, 0) is 9.59 Å². The standard InChI is InChI=1S/C12H18N4O2S2/c1-8(17)13-11-15-16-12(20-11)19-7-10(18)14-9-5-3-2-4-6-9/h9H,2-7H2,1H3,(H,14,18)(H,13,15,17). The summed E-state index contributed by atoms with van der Waals surface area (Å²) in [4.78, 5) is 22.7. The van der Waals surface area contributed by atoms with E-state index in [1.165, 1.54) is 49.3 Å². The molecule has 1 fully saturated rings. The summed E-state index contributed by atoms with van der Waals surface area (Å²) in [7, 11) is 0. The molecule has 0 atom stereocenters. The lowest BCUT2D eigenvalue weighted by Gasteiger charge is -2.22. The first-order valence-electron chi connectivity index (χ1n) is 6.67. The van der Waals surface area contributed by atoms with Crippen LogP contribution in [0.3, 0.4) is 0 Å². The maximum Gasteiger partial charge on any atom is 0.230 e. The molecule has 1 aliphatic carbocycles. The topological polar surface area (TPSA) is 84.0 Å². The number of hydrogen-bond acceptors (Lipinski definition) is 6. The Bertz CT molecular complexity index is 472. The van der Waals surface area contributed by atoms with Gasteiger partial charge in [0, 0.05) is 13.0 Å². The summed E-state index contributed by atoms with van der Waals surface area (Å²) >= 11 is 2.62. The third kappa shape index (κ3) is 5.09. The van der Waals surface area contributed by atoms with E-state index in [1.54, 1.807) is 0 Å². The van der Waals surface area contributed by atoms with Crippen molar-refractivity contribution in [1.82, 2.24) is 15.5 Å². The molecule has 1 aromatic rings. The summed E-state index contributed by atoms with van der Waals surface area (Å²) < 4.78 is 0.688. The second kappa shape index (κ2) is 7.58. The number of carbonyl (C=O) groups is 2. The van der Waals surface area contributed by atoms with E-state index < -0.39 is 0 Å². The summed E-state index contributed by atoms with van der Waals surface area (Å²) in [6.07, 6.45) is 5.85. The molecule has 0 aromatic carbocycles. The molecule has 1 aromatic heterocycles. The van der Waals surface area contributed by atoms with Gasteiger partial charge in [0.25, 0.3) is 0 Å². The van der Waals surface area contributed by atoms with Gasteiger partial charge in [-0.05, 0) is 12.8 Å². The smallest absolute Gasteiger partial charge is 0.230 e. The SMILES string of the molecule is CC(=O)Nc1nnc(SCC(=O)NC2CCCCC2)s1. The summed E-state index contributed by atoms with van der Waals surface area (Å²) in [6, 6.07) is 0.334. The number of carbonyl (C=O) groups excluding carboxylic acids is 2. The lowest BCUT2D eigenvalue weighted by atomic mass is 9.95. The molecule has 1 aliphatic rings. The van der Waals surface area contributed by atoms with Gasteiger partial charge in [-0.3, -0.25) is 9.59 Å². The van der Waals surface area contributed by atoms with Crippen molar-refractivity contribution in [2.75, 3.05) is 11.1 Å². The van der Waals surface area contributed by atoms with Crippen LogP contribution in [0.15, 0.2) is 4.34 Å². The average molecular weight is 314 g/mol. The number of nitrogens with one attached hydrogen (secondary N) is 2. The maximum atomic E-state index is 11.8. The number of nitrogens with zero attached hydrogens (tertiary/aromatic N) is 2. The van der Waals surface area contributed by atoms with Crippen molar-refractivity contribution in [3.8, 4) is 0 Å². The Morgan fingerprint density at radius 3 is 2.75 bits per heavy atom. The highest BCUT2D eigenvalue weighted by atomic mass is 32.2. The monoisotopic (exact) mass is 314 g/mol. The molecule has 20 heavy (non-hydrogen) atoms. The van der Waals surface area contributed by atoms with Gasteiger partial charge in [0.05, 0.1) is 5.75 Å². The molecule has 6 nitrogen and oxygen atoms in total. The lowest BCUT2D eigenvalue weighted by molar-refractivity contribution is -0.119. The molecule has 1 saturated carbocycles. The van der Waals surface area contributed by atoms with Crippen LogP contribution >= 0.6 is 23.1 Å². The maximum absolute atomic E-state index is 11.8. The number of thioether (sulfide) groups is 1. The molecule has 0 unspecified atom stereocenters. The number of hydrogen-bond donors (Lipinski definition) is 2. The Kier molecular flexibility index (Phi) is 5.78. The zero-order valence-electron chi connectivity index (χ0n) is 11.3. The average Bonchev–Trinajstić information content (AvgIpc) is 2.84. The Morgan fingerprint density at radius 2 is 2.05 bits per heavy atom. The molecule has 2 rings (SSSR count). The zero-order chi connectivity index (χ0) is 14.4. The van der Waals surface area contributed by atoms with Crippen molar-refractivity contribution >= 4 is 40.0 Å². The molecule has 110 valence electrons. The van der Waals surface area contributed by atoms with E-state index in [1.807, 2.05) is 0 Å². The summed E-state index contributed by atoms with van der Waals surface area (Å²) in [5.74, 6) is 0.205. The number of aromatic nitrogens is 2. The van der Waals surface area contributed by atoms with Gasteiger partial charge in [-0.25, -0.2) is 0 Å². The molecule has 0 spiro atoms. The second-order valence-corrected chi connectivity index (χ2v) is 6.95. The molecule has 0 radical (unpaired) electrons. The predicted molar refractivity (Wildman–Crippen MR) is 80.0 cm³/mol. The number of amides is 2. The van der Waals surface area contributed by atoms with E-state index >= 15 is 0 Å². The van der Waals surface area contributed by atoms with Crippen LogP contribution in [0.25, 0.3) is 0 Å². The normalized spacial score (nSPS) is 15.8. The van der Waals surface area contributed by atoms with Crippen LogP contribution in [0.4, 0.5) is 5.13 Å².